The fourth-order valence-electron chi connectivity index (χ4n) is 5.18. The van der Waals surface area contributed by atoms with Gasteiger partial charge in [-0.3, -0.25) is 0 Å². The number of methoxy groups -OCH3 is 1. The van der Waals surface area contributed by atoms with E-state index in [0.29, 0.717) is 5.41 Å². The van der Waals surface area contributed by atoms with Crippen molar-refractivity contribution in [2.24, 2.45) is 17.3 Å². The smallest absolute Gasteiger partial charge is 0.0508 e. The van der Waals surface area contributed by atoms with E-state index in [1.54, 1.807) is 0 Å². The number of rotatable bonds is 5. The Morgan fingerprint density at radius 1 is 1.17 bits per heavy atom. The Labute approximate surface area is 142 Å². The molecule has 1 atom stereocenters. The van der Waals surface area contributed by atoms with E-state index in [1.807, 2.05) is 7.11 Å². The summed E-state index contributed by atoms with van der Waals surface area (Å²) in [4.78, 5) is 5.46. The minimum absolute atomic E-state index is 0.507. The minimum atomic E-state index is 0.507. The minimum Gasteiger partial charge on any atom is -0.384 e. The first-order valence-corrected chi connectivity index (χ1v) is 9.66. The van der Waals surface area contributed by atoms with Crippen LogP contribution in [0, 0.1) is 17.3 Å². The fourth-order valence-corrected chi connectivity index (χ4v) is 5.18. The molecule has 3 aliphatic rings. The summed E-state index contributed by atoms with van der Waals surface area (Å²) < 4.78 is 11.1. The number of piperidine rings is 1. The zero-order valence-electron chi connectivity index (χ0n) is 15.4. The molecule has 3 aliphatic heterocycles. The van der Waals surface area contributed by atoms with Crippen LogP contribution in [0.3, 0.4) is 0 Å². The topological polar surface area (TPSA) is 24.9 Å². The lowest BCUT2D eigenvalue weighted by molar-refractivity contribution is -0.0109. The van der Waals surface area contributed by atoms with Gasteiger partial charge >= 0.3 is 0 Å². The van der Waals surface area contributed by atoms with Gasteiger partial charge in [-0.2, -0.15) is 0 Å². The number of hydrogen-bond acceptors (Lipinski definition) is 4. The van der Waals surface area contributed by atoms with Crippen LogP contribution >= 0.6 is 0 Å². The Morgan fingerprint density at radius 2 is 1.87 bits per heavy atom. The van der Waals surface area contributed by atoms with Crippen molar-refractivity contribution < 1.29 is 9.47 Å². The van der Waals surface area contributed by atoms with Crippen LogP contribution in [0.2, 0.25) is 0 Å². The fraction of sp³-hybridized carbons (Fsp3) is 1.00. The predicted molar refractivity (Wildman–Crippen MR) is 93.7 cm³/mol. The average molecular weight is 325 g/mol. The molecule has 3 rings (SSSR count). The molecule has 1 spiro atoms. The second-order valence-electron chi connectivity index (χ2n) is 8.48. The van der Waals surface area contributed by atoms with E-state index in [0.717, 1.165) is 37.7 Å². The van der Waals surface area contributed by atoms with Crippen LogP contribution in [0.15, 0.2) is 0 Å². The van der Waals surface area contributed by atoms with Crippen LogP contribution in [-0.2, 0) is 9.47 Å². The quantitative estimate of drug-likeness (QED) is 0.776. The van der Waals surface area contributed by atoms with Crippen molar-refractivity contribution in [3.8, 4) is 0 Å². The molecule has 0 aromatic rings. The van der Waals surface area contributed by atoms with Crippen LogP contribution in [0.5, 0.6) is 0 Å². The lowest BCUT2D eigenvalue weighted by atomic mass is 9.71. The molecule has 23 heavy (non-hydrogen) atoms. The molecule has 0 aliphatic carbocycles. The summed E-state index contributed by atoms with van der Waals surface area (Å²) in [5.41, 5.74) is 0.507. The second-order valence-corrected chi connectivity index (χ2v) is 8.48. The second kappa shape index (κ2) is 7.81. The predicted octanol–water partition coefficient (Wildman–Crippen LogP) is 2.48. The Kier molecular flexibility index (Phi) is 6.00. The molecule has 3 fully saturated rings. The third kappa shape index (κ3) is 4.09. The highest BCUT2D eigenvalue weighted by molar-refractivity contribution is 5.00. The molecule has 0 unspecified atom stereocenters. The Hall–Kier alpha value is -0.160. The molecule has 4 heteroatoms. The van der Waals surface area contributed by atoms with Crippen molar-refractivity contribution in [3.63, 3.8) is 0 Å². The van der Waals surface area contributed by atoms with E-state index in [-0.39, 0.29) is 0 Å². The number of hydrogen-bond donors (Lipinski definition) is 0. The summed E-state index contributed by atoms with van der Waals surface area (Å²) in [7, 11) is 1.87. The summed E-state index contributed by atoms with van der Waals surface area (Å²) in [6.45, 7) is 13.9. The summed E-state index contributed by atoms with van der Waals surface area (Å²) in [5, 5.41) is 0. The molecule has 3 heterocycles. The first-order valence-electron chi connectivity index (χ1n) is 9.66. The van der Waals surface area contributed by atoms with E-state index in [9.17, 15) is 0 Å². The van der Waals surface area contributed by atoms with E-state index < -0.39 is 0 Å². The molecule has 134 valence electrons. The van der Waals surface area contributed by atoms with Crippen molar-refractivity contribution in [3.05, 3.63) is 0 Å². The van der Waals surface area contributed by atoms with Crippen LogP contribution in [0.25, 0.3) is 0 Å². The van der Waals surface area contributed by atoms with Crippen LogP contribution in [0.4, 0.5) is 0 Å². The highest BCUT2D eigenvalue weighted by Gasteiger charge is 2.48. The van der Waals surface area contributed by atoms with Gasteiger partial charge in [-0.25, -0.2) is 0 Å². The summed E-state index contributed by atoms with van der Waals surface area (Å²) in [5.74, 6) is 1.48. The molecule has 0 aromatic carbocycles. The van der Waals surface area contributed by atoms with Crippen LogP contribution in [0.1, 0.15) is 39.5 Å². The number of likely N-dealkylation sites (tertiary alicyclic amines) is 2. The molecule has 0 bridgehead atoms. The van der Waals surface area contributed by atoms with E-state index in [1.165, 1.54) is 58.4 Å². The molecule has 0 aromatic heterocycles. The van der Waals surface area contributed by atoms with Gasteiger partial charge in [0.1, 0.15) is 0 Å². The zero-order valence-corrected chi connectivity index (χ0v) is 15.4. The largest absolute Gasteiger partial charge is 0.384 e. The van der Waals surface area contributed by atoms with Crippen molar-refractivity contribution in [2.45, 2.75) is 45.6 Å². The number of nitrogens with zero attached hydrogens (tertiary/aromatic N) is 2. The Bertz CT molecular complexity index is 360. The molecule has 3 saturated heterocycles. The van der Waals surface area contributed by atoms with Crippen molar-refractivity contribution in [1.82, 2.24) is 9.80 Å². The normalized spacial score (nSPS) is 30.5. The SMILES string of the molecule is COC[C@@H]1CN(CC(C)C)CC12CCN(C1CCOCC1)CC2. The monoisotopic (exact) mass is 324 g/mol. The lowest BCUT2D eigenvalue weighted by Crippen LogP contribution is -2.50. The van der Waals surface area contributed by atoms with Crippen LogP contribution < -0.4 is 0 Å². The number of ether oxygens (including phenoxy) is 2. The summed E-state index contributed by atoms with van der Waals surface area (Å²) in [6, 6.07) is 0.773. The standard InChI is InChI=1S/C19H36N2O2/c1-16(2)12-20-13-17(14-22-3)19(15-20)6-8-21(9-7-19)18-4-10-23-11-5-18/h16-18H,4-15H2,1-3H3/t17-/m0/s1. The summed E-state index contributed by atoms with van der Waals surface area (Å²) in [6.07, 6.45) is 5.17. The van der Waals surface area contributed by atoms with Gasteiger partial charge in [0.25, 0.3) is 0 Å². The highest BCUT2D eigenvalue weighted by Crippen LogP contribution is 2.45. The van der Waals surface area contributed by atoms with E-state index in [4.69, 9.17) is 9.47 Å². The molecular weight excluding hydrogens is 288 g/mol. The third-order valence-electron chi connectivity index (χ3n) is 6.38. The lowest BCUT2D eigenvalue weighted by Gasteiger charge is -2.46. The molecule has 0 saturated carbocycles. The van der Waals surface area contributed by atoms with Crippen molar-refractivity contribution >= 4 is 0 Å². The van der Waals surface area contributed by atoms with E-state index in [2.05, 4.69) is 23.6 Å². The molecule has 0 N–H and O–H groups in total. The molecule has 4 nitrogen and oxygen atoms in total. The maximum absolute atomic E-state index is 5.59. The summed E-state index contributed by atoms with van der Waals surface area (Å²) >= 11 is 0. The third-order valence-corrected chi connectivity index (χ3v) is 6.38. The Balaban J connectivity index is 1.59. The van der Waals surface area contributed by atoms with Gasteiger partial charge in [0.05, 0.1) is 6.61 Å². The van der Waals surface area contributed by atoms with E-state index >= 15 is 0 Å². The van der Waals surface area contributed by atoms with Crippen molar-refractivity contribution in [2.75, 3.05) is 59.7 Å². The van der Waals surface area contributed by atoms with Crippen molar-refractivity contribution in [1.29, 1.82) is 0 Å². The maximum Gasteiger partial charge on any atom is 0.0508 e. The zero-order chi connectivity index (χ0) is 16.3. The molecule has 0 amide bonds. The van der Waals surface area contributed by atoms with Gasteiger partial charge in [0, 0.05) is 51.9 Å². The van der Waals surface area contributed by atoms with Gasteiger partial charge < -0.3 is 19.3 Å². The Morgan fingerprint density at radius 3 is 2.48 bits per heavy atom. The van der Waals surface area contributed by atoms with Gasteiger partial charge in [0.15, 0.2) is 0 Å². The average Bonchev–Trinajstić information content (AvgIpc) is 2.85. The van der Waals surface area contributed by atoms with Gasteiger partial charge in [-0.15, -0.1) is 0 Å². The first-order chi connectivity index (χ1) is 11.1. The van der Waals surface area contributed by atoms with Gasteiger partial charge in [0.2, 0.25) is 0 Å². The molecule has 0 radical (unpaired) electrons. The first kappa shape index (κ1) is 17.7. The highest BCUT2D eigenvalue weighted by atomic mass is 16.5. The van der Waals surface area contributed by atoms with Crippen LogP contribution in [-0.4, -0.2) is 75.5 Å². The maximum atomic E-state index is 5.59. The molecular formula is C19H36N2O2. The van der Waals surface area contributed by atoms with Gasteiger partial charge in [-0.05, 0) is 50.1 Å². The van der Waals surface area contributed by atoms with Gasteiger partial charge in [-0.1, -0.05) is 13.8 Å².